The van der Waals surface area contributed by atoms with Gasteiger partial charge in [-0.25, -0.2) is 8.42 Å². The zero-order valence-electron chi connectivity index (χ0n) is 13.7. The zero-order chi connectivity index (χ0) is 16.4. The summed E-state index contributed by atoms with van der Waals surface area (Å²) in [5, 5.41) is 0. The minimum Gasteiger partial charge on any atom is -0.493 e. The number of hydrogen-bond acceptors (Lipinski definition) is 3. The van der Waals surface area contributed by atoms with E-state index >= 15 is 0 Å². The Balaban J connectivity index is 3.34. The van der Waals surface area contributed by atoms with Crippen LogP contribution in [0, 0.1) is 12.8 Å². The summed E-state index contributed by atoms with van der Waals surface area (Å²) in [4.78, 5) is 0.157. The number of halogens is 1. The van der Waals surface area contributed by atoms with E-state index in [1.807, 2.05) is 20.8 Å². The van der Waals surface area contributed by atoms with Crippen molar-refractivity contribution in [1.82, 2.24) is 0 Å². The van der Waals surface area contributed by atoms with Crippen LogP contribution in [0.1, 0.15) is 52.2 Å². The SMILES string of the molecule is CCC(C)COc1cc(C)c(S(=O)(=O)Cl)cc1C(C)(C)C. The smallest absolute Gasteiger partial charge is 0.261 e. The maximum atomic E-state index is 11.7. The van der Waals surface area contributed by atoms with Gasteiger partial charge in [-0.1, -0.05) is 41.0 Å². The molecule has 0 heterocycles. The van der Waals surface area contributed by atoms with Crippen LogP contribution in [-0.2, 0) is 14.5 Å². The summed E-state index contributed by atoms with van der Waals surface area (Å²) in [5.74, 6) is 1.19. The Morgan fingerprint density at radius 3 is 2.29 bits per heavy atom. The van der Waals surface area contributed by atoms with Crippen LogP contribution in [0.2, 0.25) is 0 Å². The van der Waals surface area contributed by atoms with E-state index in [0.29, 0.717) is 18.1 Å². The van der Waals surface area contributed by atoms with Gasteiger partial charge in [0.1, 0.15) is 5.75 Å². The molecule has 0 saturated carbocycles. The first kappa shape index (κ1) is 18.3. The highest BCUT2D eigenvalue weighted by Gasteiger charge is 2.24. The Bertz CT molecular complexity index is 601. The molecule has 0 amide bonds. The molecule has 0 aliphatic rings. The van der Waals surface area contributed by atoms with Crippen LogP contribution in [0.3, 0.4) is 0 Å². The molecule has 0 aromatic heterocycles. The second kappa shape index (κ2) is 6.57. The van der Waals surface area contributed by atoms with E-state index in [9.17, 15) is 8.42 Å². The molecule has 1 aromatic carbocycles. The summed E-state index contributed by atoms with van der Waals surface area (Å²) in [6, 6.07) is 3.42. The molecule has 0 bridgehead atoms. The van der Waals surface area contributed by atoms with E-state index in [2.05, 4.69) is 13.8 Å². The number of aryl methyl sites for hydroxylation is 1. The lowest BCUT2D eigenvalue weighted by Gasteiger charge is -2.25. The van der Waals surface area contributed by atoms with Crippen molar-refractivity contribution in [3.05, 3.63) is 23.3 Å². The molecule has 0 spiro atoms. The summed E-state index contributed by atoms with van der Waals surface area (Å²) in [5.41, 5.74) is 1.24. The normalized spacial score (nSPS) is 14.0. The molecular formula is C16H25ClO3S. The number of rotatable bonds is 5. The Morgan fingerprint density at radius 1 is 1.29 bits per heavy atom. The predicted molar refractivity (Wildman–Crippen MR) is 87.9 cm³/mol. The molecule has 0 radical (unpaired) electrons. The van der Waals surface area contributed by atoms with Gasteiger partial charge in [0.2, 0.25) is 0 Å². The van der Waals surface area contributed by atoms with Crippen molar-refractivity contribution in [3.63, 3.8) is 0 Å². The van der Waals surface area contributed by atoms with Crippen LogP contribution in [0.15, 0.2) is 17.0 Å². The first-order valence-corrected chi connectivity index (χ1v) is 9.50. The van der Waals surface area contributed by atoms with E-state index in [1.54, 1.807) is 19.1 Å². The molecule has 3 nitrogen and oxygen atoms in total. The monoisotopic (exact) mass is 332 g/mol. The first-order chi connectivity index (χ1) is 9.46. The van der Waals surface area contributed by atoms with Gasteiger partial charge >= 0.3 is 0 Å². The molecule has 1 aromatic rings. The van der Waals surface area contributed by atoms with Crippen LogP contribution in [0.4, 0.5) is 0 Å². The zero-order valence-corrected chi connectivity index (χ0v) is 15.2. The number of ether oxygens (including phenoxy) is 1. The van der Waals surface area contributed by atoms with Crippen molar-refractivity contribution >= 4 is 19.7 Å². The average molecular weight is 333 g/mol. The molecule has 0 aliphatic heterocycles. The van der Waals surface area contributed by atoms with Gasteiger partial charge in [0.05, 0.1) is 11.5 Å². The molecular weight excluding hydrogens is 308 g/mol. The summed E-state index contributed by atoms with van der Waals surface area (Å²) in [6.07, 6.45) is 1.04. The van der Waals surface area contributed by atoms with Gasteiger partial charge in [0.25, 0.3) is 9.05 Å². The highest BCUT2D eigenvalue weighted by Crippen LogP contribution is 2.36. The van der Waals surface area contributed by atoms with Crippen molar-refractivity contribution < 1.29 is 13.2 Å². The van der Waals surface area contributed by atoms with Gasteiger partial charge in [-0.15, -0.1) is 0 Å². The maximum absolute atomic E-state index is 11.7. The van der Waals surface area contributed by atoms with Gasteiger partial charge in [-0.2, -0.15) is 0 Å². The third kappa shape index (κ3) is 4.89. The quantitative estimate of drug-likeness (QED) is 0.737. The van der Waals surface area contributed by atoms with Crippen LogP contribution in [-0.4, -0.2) is 15.0 Å². The molecule has 0 N–H and O–H groups in total. The largest absolute Gasteiger partial charge is 0.493 e. The molecule has 0 aliphatic carbocycles. The summed E-state index contributed by atoms with van der Waals surface area (Å²) < 4.78 is 29.3. The molecule has 21 heavy (non-hydrogen) atoms. The van der Waals surface area contributed by atoms with Crippen LogP contribution >= 0.6 is 10.7 Å². The summed E-state index contributed by atoms with van der Waals surface area (Å²) in [7, 11) is 1.77. The van der Waals surface area contributed by atoms with Gasteiger partial charge in [-0.3, -0.25) is 0 Å². The average Bonchev–Trinajstić information content (AvgIpc) is 2.32. The third-order valence-electron chi connectivity index (χ3n) is 3.57. The molecule has 1 rings (SSSR count). The standard InChI is InChI=1S/C16H25ClO3S/c1-7-11(2)10-20-14-8-12(3)15(21(17,18)19)9-13(14)16(4,5)6/h8-9,11H,7,10H2,1-6H3. The lowest BCUT2D eigenvalue weighted by Crippen LogP contribution is -2.17. The lowest BCUT2D eigenvalue weighted by molar-refractivity contribution is 0.251. The fourth-order valence-corrected chi connectivity index (χ4v) is 3.18. The van der Waals surface area contributed by atoms with Gasteiger partial charge < -0.3 is 4.74 Å². The fraction of sp³-hybridized carbons (Fsp3) is 0.625. The van der Waals surface area contributed by atoms with E-state index in [4.69, 9.17) is 15.4 Å². The van der Waals surface area contributed by atoms with E-state index in [1.165, 1.54) is 0 Å². The maximum Gasteiger partial charge on any atom is 0.261 e. The second-order valence-corrected chi connectivity index (χ2v) is 9.16. The van der Waals surface area contributed by atoms with Crippen molar-refractivity contribution in [3.8, 4) is 5.75 Å². The van der Waals surface area contributed by atoms with Gasteiger partial charge in [0.15, 0.2) is 0 Å². The van der Waals surface area contributed by atoms with Crippen molar-refractivity contribution in [2.24, 2.45) is 5.92 Å². The Hall–Kier alpha value is -0.740. The Morgan fingerprint density at radius 2 is 1.86 bits per heavy atom. The Labute approximate surface area is 133 Å². The summed E-state index contributed by atoms with van der Waals surface area (Å²) >= 11 is 0. The molecule has 1 unspecified atom stereocenters. The highest BCUT2D eigenvalue weighted by molar-refractivity contribution is 8.13. The fourth-order valence-electron chi connectivity index (χ4n) is 1.98. The van der Waals surface area contributed by atoms with Crippen molar-refractivity contribution in [2.45, 2.75) is 58.3 Å². The Kier molecular flexibility index (Phi) is 5.73. The minimum absolute atomic E-state index is 0.157. The third-order valence-corrected chi connectivity index (χ3v) is 5.03. The number of hydrogen-bond donors (Lipinski definition) is 0. The molecule has 120 valence electrons. The van der Waals surface area contributed by atoms with Crippen LogP contribution in [0.25, 0.3) is 0 Å². The number of benzene rings is 1. The van der Waals surface area contributed by atoms with Crippen molar-refractivity contribution in [1.29, 1.82) is 0 Å². The van der Waals surface area contributed by atoms with Gasteiger partial charge in [-0.05, 0) is 36.0 Å². The van der Waals surface area contributed by atoms with E-state index in [0.717, 1.165) is 17.7 Å². The van der Waals surface area contributed by atoms with Gasteiger partial charge in [0, 0.05) is 16.2 Å². The van der Waals surface area contributed by atoms with E-state index < -0.39 is 9.05 Å². The summed E-state index contributed by atoms with van der Waals surface area (Å²) in [6.45, 7) is 12.7. The molecule has 0 fully saturated rings. The van der Waals surface area contributed by atoms with Crippen LogP contribution in [0.5, 0.6) is 5.75 Å². The first-order valence-electron chi connectivity index (χ1n) is 7.19. The molecule has 1 atom stereocenters. The van der Waals surface area contributed by atoms with Crippen LogP contribution < -0.4 is 4.74 Å². The van der Waals surface area contributed by atoms with Crippen molar-refractivity contribution in [2.75, 3.05) is 6.61 Å². The topological polar surface area (TPSA) is 43.4 Å². The highest BCUT2D eigenvalue weighted by atomic mass is 35.7. The predicted octanol–water partition coefficient (Wildman–Crippen LogP) is 4.64. The molecule has 0 saturated heterocycles. The molecule has 5 heteroatoms. The minimum atomic E-state index is -3.75. The van der Waals surface area contributed by atoms with E-state index in [-0.39, 0.29) is 10.3 Å². The lowest BCUT2D eigenvalue weighted by atomic mass is 9.86. The second-order valence-electron chi connectivity index (χ2n) is 6.63.